The fraction of sp³-hybridized carbons (Fsp3) is 0.184. The molecule has 0 fully saturated rings. The van der Waals surface area contributed by atoms with Crippen LogP contribution in [0.15, 0.2) is 115 Å². The summed E-state index contributed by atoms with van der Waals surface area (Å²) in [6.07, 6.45) is 3.61. The molecule has 209 valence electrons. The Morgan fingerprint density at radius 1 is 0.714 bits per heavy atom. The van der Waals surface area contributed by atoms with Crippen LogP contribution in [0.1, 0.15) is 42.9 Å². The van der Waals surface area contributed by atoms with Gasteiger partial charge in [0, 0.05) is 15.4 Å². The van der Waals surface area contributed by atoms with E-state index in [1.54, 1.807) is 0 Å². The van der Waals surface area contributed by atoms with Gasteiger partial charge in [0.2, 0.25) is 0 Å². The number of rotatable bonds is 4. The van der Waals surface area contributed by atoms with Crippen molar-refractivity contribution in [2.75, 3.05) is 0 Å². The van der Waals surface area contributed by atoms with E-state index >= 15 is 0 Å². The van der Waals surface area contributed by atoms with Crippen molar-refractivity contribution in [1.29, 1.82) is 0 Å². The third-order valence-electron chi connectivity index (χ3n) is 7.86. The van der Waals surface area contributed by atoms with Crippen LogP contribution in [0.2, 0.25) is 13.1 Å². The first-order valence-corrected chi connectivity index (χ1v) is 16.1. The average molecular weight is 682 g/mol. The molecule has 0 nitrogen and oxygen atoms in total. The minimum Gasteiger partial charge on any atom is -1.00 e. The van der Waals surface area contributed by atoms with Gasteiger partial charge in [0.1, 0.15) is 0 Å². The van der Waals surface area contributed by atoms with Crippen LogP contribution in [0.5, 0.6) is 0 Å². The van der Waals surface area contributed by atoms with Gasteiger partial charge in [-0.2, -0.15) is 0 Å². The van der Waals surface area contributed by atoms with Crippen LogP contribution in [0.4, 0.5) is 0 Å². The molecule has 1 unspecified atom stereocenters. The van der Waals surface area contributed by atoms with Crippen LogP contribution in [0.3, 0.4) is 0 Å². The van der Waals surface area contributed by atoms with Gasteiger partial charge in [-0.3, -0.25) is 0 Å². The minimum atomic E-state index is 0. The monoisotopic (exact) mass is 679 g/mol. The summed E-state index contributed by atoms with van der Waals surface area (Å²) >= 11 is 0. The van der Waals surface area contributed by atoms with Gasteiger partial charge in [0.05, 0.1) is 0 Å². The largest absolute Gasteiger partial charge is 3.00 e. The molecule has 1 atom stereocenters. The number of fused-ring (bicyclic) bond motifs is 5. The molecule has 0 spiro atoms. The first-order chi connectivity index (χ1) is 19.1. The van der Waals surface area contributed by atoms with E-state index in [4.69, 9.17) is 0 Å². The zero-order valence-electron chi connectivity index (χ0n) is 24.6. The zero-order valence-corrected chi connectivity index (χ0v) is 29.6. The molecule has 42 heavy (non-hydrogen) atoms. The molecule has 1 aliphatic carbocycles. The van der Waals surface area contributed by atoms with Crippen molar-refractivity contribution in [2.45, 2.75) is 39.3 Å². The van der Waals surface area contributed by atoms with E-state index in [-0.39, 0.29) is 51.0 Å². The summed E-state index contributed by atoms with van der Waals surface area (Å²) in [6.45, 7) is 8.98. The smallest absolute Gasteiger partial charge is 1.00 e. The van der Waals surface area contributed by atoms with Gasteiger partial charge in [-0.15, -0.1) is 33.7 Å². The predicted molar refractivity (Wildman–Crippen MR) is 173 cm³/mol. The van der Waals surface area contributed by atoms with Crippen molar-refractivity contribution >= 4 is 47.9 Å². The van der Waals surface area contributed by atoms with Crippen molar-refractivity contribution < 1.29 is 51.0 Å². The topological polar surface area (TPSA) is 0 Å². The summed E-state index contributed by atoms with van der Waals surface area (Å²) in [6, 6.07) is 40.5. The first-order valence-electron chi connectivity index (χ1n) is 14.1. The molecule has 0 heterocycles. The maximum absolute atomic E-state index is 2.51. The third kappa shape index (κ3) is 6.44. The zero-order chi connectivity index (χ0) is 26.9. The Labute approximate surface area is 284 Å². The molecular formula is C38H35Cl2SiZr. The molecule has 0 bridgehead atoms. The van der Waals surface area contributed by atoms with Crippen molar-refractivity contribution in [3.63, 3.8) is 0 Å². The molecule has 0 amide bonds. The molecule has 7 rings (SSSR count). The molecule has 3 radical (unpaired) electrons. The summed E-state index contributed by atoms with van der Waals surface area (Å²) in [7, 11) is 1.08. The van der Waals surface area contributed by atoms with Crippen LogP contribution >= 0.6 is 0 Å². The quantitative estimate of drug-likeness (QED) is 0.184. The summed E-state index contributed by atoms with van der Waals surface area (Å²) in [5.41, 5.74) is 8.43. The molecule has 1 aliphatic rings. The summed E-state index contributed by atoms with van der Waals surface area (Å²) in [5.74, 6) is 0.901. The van der Waals surface area contributed by atoms with E-state index < -0.39 is 0 Å². The third-order valence-corrected chi connectivity index (χ3v) is 7.86. The van der Waals surface area contributed by atoms with Crippen LogP contribution < -0.4 is 24.8 Å². The molecular weight excluding hydrogens is 647 g/mol. The van der Waals surface area contributed by atoms with Crippen molar-refractivity contribution in [2.24, 2.45) is 5.92 Å². The van der Waals surface area contributed by atoms with E-state index in [2.05, 4.69) is 142 Å². The minimum absolute atomic E-state index is 0. The molecule has 0 saturated carbocycles. The Morgan fingerprint density at radius 2 is 1.36 bits per heavy atom. The Balaban J connectivity index is 0.000000776. The van der Waals surface area contributed by atoms with Gasteiger partial charge in [0.25, 0.3) is 0 Å². The number of allylic oxidation sites excluding steroid dienone is 1. The molecule has 6 aromatic rings. The van der Waals surface area contributed by atoms with Gasteiger partial charge in [-0.25, -0.2) is 0 Å². The van der Waals surface area contributed by atoms with Crippen LogP contribution in [0.25, 0.3) is 49.5 Å². The average Bonchev–Trinajstić information content (AvgIpc) is 3.51. The molecule has 0 aromatic heterocycles. The van der Waals surface area contributed by atoms with E-state index in [9.17, 15) is 0 Å². The Hall–Kier alpha value is -2.35. The second-order valence-electron chi connectivity index (χ2n) is 11.2. The molecule has 4 heteroatoms. The number of hydrogen-bond acceptors (Lipinski definition) is 0. The number of benzene rings is 5. The van der Waals surface area contributed by atoms with E-state index in [0.29, 0.717) is 11.8 Å². The predicted octanol–water partition coefficient (Wildman–Crippen LogP) is 4.90. The standard InChI is InChI=1S/C36H29.C2H6Si.2ClH.Zr/c1-23(2)19-28-22-34-30(27-18-17-24-9-3-4-10-25(24)20-27)13-7-15-32(34)36(28)33-16-8-14-31-29-12-6-5-11-26(29)21-35(31)33;1-3-2;;;/h3-18,20-23,36H,19H2,1-2H3;1-2H3;2*1H;/q-1;;;;+3/p-2. The van der Waals surface area contributed by atoms with Crippen LogP contribution in [-0.4, -0.2) is 9.52 Å². The maximum Gasteiger partial charge on any atom is 3.00 e. The number of hydrogen-bond donors (Lipinski definition) is 0. The second-order valence-corrected chi connectivity index (χ2v) is 12.2. The normalized spacial score (nSPS) is 13.5. The second kappa shape index (κ2) is 14.9. The Kier molecular flexibility index (Phi) is 12.1. The van der Waals surface area contributed by atoms with Gasteiger partial charge in [0.15, 0.2) is 0 Å². The van der Waals surface area contributed by atoms with Crippen molar-refractivity contribution in [3.05, 3.63) is 131 Å². The maximum atomic E-state index is 2.51. The summed E-state index contributed by atoms with van der Waals surface area (Å²) < 4.78 is 0. The first kappa shape index (κ1) is 34.1. The Bertz CT molecular complexity index is 1830. The molecule has 0 saturated heterocycles. The van der Waals surface area contributed by atoms with Gasteiger partial charge < -0.3 is 24.8 Å². The summed E-state index contributed by atoms with van der Waals surface area (Å²) in [4.78, 5) is 0. The summed E-state index contributed by atoms with van der Waals surface area (Å²) in [5, 5.41) is 8.03. The molecule has 0 aliphatic heterocycles. The number of halogens is 2. The van der Waals surface area contributed by atoms with Crippen molar-refractivity contribution in [3.8, 4) is 11.1 Å². The fourth-order valence-electron chi connectivity index (χ4n) is 6.34. The van der Waals surface area contributed by atoms with E-state index in [1.807, 2.05) is 0 Å². The van der Waals surface area contributed by atoms with Crippen LogP contribution in [0, 0.1) is 5.92 Å². The molecule has 6 aromatic carbocycles. The SMILES string of the molecule is CC(C)CC1=Cc2c(-c3ccc4ccccc4c3)cccc2C1c1cccc2c1[cH-]c1ccccc12.C[Si]C.[Cl-].[Cl-].[Zr+3]. The molecule has 0 N–H and O–H groups in total. The van der Waals surface area contributed by atoms with Crippen molar-refractivity contribution in [1.82, 2.24) is 0 Å². The fourth-order valence-corrected chi connectivity index (χ4v) is 6.34. The van der Waals surface area contributed by atoms with Gasteiger partial charge >= 0.3 is 26.2 Å². The van der Waals surface area contributed by atoms with E-state index in [1.165, 1.54) is 65.7 Å². The van der Waals surface area contributed by atoms with Gasteiger partial charge in [-0.05, 0) is 51.4 Å². The van der Waals surface area contributed by atoms with E-state index in [0.717, 1.165) is 15.9 Å². The van der Waals surface area contributed by atoms with Crippen LogP contribution in [-0.2, 0) is 26.2 Å². The Morgan fingerprint density at radius 3 is 2.12 bits per heavy atom. The van der Waals surface area contributed by atoms with Gasteiger partial charge in [-0.1, -0.05) is 135 Å².